The molecule has 3 aromatic carbocycles. The molecule has 0 unspecified atom stereocenters. The highest BCUT2D eigenvalue weighted by Gasteiger charge is 2.34. The first-order valence-electron chi connectivity index (χ1n) is 13.3. The molecule has 0 spiro atoms. The molecule has 0 aliphatic rings. The van der Waals surface area contributed by atoms with E-state index in [1.165, 1.54) is 17.0 Å². The van der Waals surface area contributed by atoms with E-state index >= 15 is 0 Å². The van der Waals surface area contributed by atoms with E-state index in [-0.39, 0.29) is 29.6 Å². The minimum Gasteiger partial charge on any atom is -0.492 e. The molecule has 8 nitrogen and oxygen atoms in total. The SMILES string of the molecule is CCCNC(=O)[C@H](C)N(Cc1c(Cl)cccc1Cl)C(=O)CN(c1ccccc1OCC)S(=O)(=O)c1ccc(C)cc1. The third kappa shape index (κ3) is 7.93. The summed E-state index contributed by atoms with van der Waals surface area (Å²) in [6.45, 7) is 7.14. The van der Waals surface area contributed by atoms with E-state index in [4.69, 9.17) is 27.9 Å². The van der Waals surface area contributed by atoms with Crippen molar-refractivity contribution in [2.75, 3.05) is 24.0 Å². The zero-order valence-electron chi connectivity index (χ0n) is 23.6. The van der Waals surface area contributed by atoms with Crippen molar-refractivity contribution in [3.05, 3.63) is 87.9 Å². The first-order valence-corrected chi connectivity index (χ1v) is 15.5. The van der Waals surface area contributed by atoms with Crippen molar-refractivity contribution in [1.82, 2.24) is 10.2 Å². The molecule has 41 heavy (non-hydrogen) atoms. The van der Waals surface area contributed by atoms with Gasteiger partial charge in [0.05, 0.1) is 17.2 Å². The second-order valence-electron chi connectivity index (χ2n) is 9.41. The van der Waals surface area contributed by atoms with Crippen LogP contribution in [0.25, 0.3) is 0 Å². The summed E-state index contributed by atoms with van der Waals surface area (Å²) in [4.78, 5) is 28.4. The van der Waals surface area contributed by atoms with Crippen LogP contribution < -0.4 is 14.4 Å². The fraction of sp³-hybridized carbons (Fsp3) is 0.333. The van der Waals surface area contributed by atoms with Gasteiger partial charge in [-0.25, -0.2) is 8.42 Å². The first-order chi connectivity index (χ1) is 19.5. The number of amides is 2. The van der Waals surface area contributed by atoms with Crippen molar-refractivity contribution in [3.8, 4) is 5.75 Å². The van der Waals surface area contributed by atoms with E-state index < -0.39 is 28.5 Å². The standard InChI is InChI=1S/C30H35Cl2N3O5S/c1-5-18-33-30(37)22(4)34(19-24-25(31)10-9-11-26(24)32)29(36)20-35(27-12-7-8-13-28(27)40-6-2)41(38,39)23-16-14-21(3)15-17-23/h7-17,22H,5-6,18-20H2,1-4H3,(H,33,37)/t22-/m0/s1. The molecule has 0 fully saturated rings. The van der Waals surface area contributed by atoms with Crippen LogP contribution in [0, 0.1) is 6.92 Å². The summed E-state index contributed by atoms with van der Waals surface area (Å²) in [7, 11) is -4.24. The van der Waals surface area contributed by atoms with Gasteiger partial charge in [0.25, 0.3) is 10.0 Å². The summed E-state index contributed by atoms with van der Waals surface area (Å²) in [5.41, 5.74) is 1.53. The third-order valence-corrected chi connectivity index (χ3v) is 8.91. The van der Waals surface area contributed by atoms with Crippen molar-refractivity contribution in [1.29, 1.82) is 0 Å². The van der Waals surface area contributed by atoms with E-state index in [1.54, 1.807) is 68.4 Å². The summed E-state index contributed by atoms with van der Waals surface area (Å²) < 4.78 is 34.9. The Bertz CT molecular complexity index is 1440. The lowest BCUT2D eigenvalue weighted by Crippen LogP contribution is -2.51. The number of anilines is 1. The molecular formula is C30H35Cl2N3O5S. The number of halogens is 2. The lowest BCUT2D eigenvalue weighted by Gasteiger charge is -2.32. The van der Waals surface area contributed by atoms with Crippen molar-refractivity contribution < 1.29 is 22.7 Å². The number of nitrogens with zero attached hydrogens (tertiary/aromatic N) is 2. The van der Waals surface area contributed by atoms with Crippen molar-refractivity contribution in [2.24, 2.45) is 0 Å². The number of para-hydroxylation sites is 2. The van der Waals surface area contributed by atoms with Crippen LogP contribution in [0.1, 0.15) is 38.3 Å². The zero-order chi connectivity index (χ0) is 30.2. The number of carbonyl (C=O) groups excluding carboxylic acids is 2. The zero-order valence-corrected chi connectivity index (χ0v) is 25.9. The molecule has 1 N–H and O–H groups in total. The normalized spacial score (nSPS) is 12.0. The van der Waals surface area contributed by atoms with E-state index in [0.29, 0.717) is 34.3 Å². The number of hydrogen-bond donors (Lipinski definition) is 1. The number of nitrogens with one attached hydrogen (secondary N) is 1. The molecule has 0 radical (unpaired) electrons. The van der Waals surface area contributed by atoms with Crippen LogP contribution in [-0.4, -0.2) is 50.9 Å². The maximum atomic E-state index is 14.1. The molecule has 3 rings (SSSR count). The van der Waals surface area contributed by atoms with Gasteiger partial charge in [0.2, 0.25) is 11.8 Å². The van der Waals surface area contributed by atoms with Crippen LogP contribution in [0.5, 0.6) is 5.75 Å². The molecule has 0 bridgehead atoms. The molecule has 2 amide bonds. The molecule has 3 aromatic rings. The van der Waals surface area contributed by atoms with Crippen LogP contribution in [0.3, 0.4) is 0 Å². The molecule has 0 saturated heterocycles. The van der Waals surface area contributed by atoms with Gasteiger partial charge in [0.1, 0.15) is 18.3 Å². The van der Waals surface area contributed by atoms with Crippen molar-refractivity contribution >= 4 is 50.7 Å². The van der Waals surface area contributed by atoms with Gasteiger partial charge in [-0.2, -0.15) is 0 Å². The number of rotatable bonds is 13. The second-order valence-corrected chi connectivity index (χ2v) is 12.1. The summed E-state index contributed by atoms with van der Waals surface area (Å²) >= 11 is 12.8. The van der Waals surface area contributed by atoms with Crippen molar-refractivity contribution in [2.45, 2.75) is 51.6 Å². The Hall–Kier alpha value is -3.27. The van der Waals surface area contributed by atoms with Gasteiger partial charge < -0.3 is 15.0 Å². The van der Waals surface area contributed by atoms with Crippen LogP contribution >= 0.6 is 23.2 Å². The molecule has 0 heterocycles. The quantitative estimate of drug-likeness (QED) is 0.259. The number of sulfonamides is 1. The average Bonchev–Trinajstić information content (AvgIpc) is 2.95. The lowest BCUT2D eigenvalue weighted by atomic mass is 10.1. The van der Waals surface area contributed by atoms with Gasteiger partial charge >= 0.3 is 0 Å². The monoisotopic (exact) mass is 619 g/mol. The van der Waals surface area contributed by atoms with Crippen molar-refractivity contribution in [3.63, 3.8) is 0 Å². The molecule has 1 atom stereocenters. The number of aryl methyl sites for hydroxylation is 1. The Morgan fingerprint density at radius 3 is 2.20 bits per heavy atom. The van der Waals surface area contributed by atoms with E-state index in [1.807, 2.05) is 13.8 Å². The summed E-state index contributed by atoms with van der Waals surface area (Å²) in [5, 5.41) is 3.45. The first kappa shape index (κ1) is 32.2. The lowest BCUT2D eigenvalue weighted by molar-refractivity contribution is -0.139. The number of benzene rings is 3. The molecule has 220 valence electrons. The largest absolute Gasteiger partial charge is 0.492 e. The van der Waals surface area contributed by atoms with Crippen LogP contribution in [0.15, 0.2) is 71.6 Å². The van der Waals surface area contributed by atoms with E-state index in [0.717, 1.165) is 9.87 Å². The predicted molar refractivity (Wildman–Crippen MR) is 163 cm³/mol. The average molecular weight is 621 g/mol. The topological polar surface area (TPSA) is 96.0 Å². The van der Waals surface area contributed by atoms with Gasteiger partial charge in [-0.15, -0.1) is 0 Å². The number of carbonyl (C=O) groups is 2. The fourth-order valence-electron chi connectivity index (χ4n) is 4.12. The highest BCUT2D eigenvalue weighted by molar-refractivity contribution is 7.92. The van der Waals surface area contributed by atoms with Crippen LogP contribution in [0.2, 0.25) is 10.0 Å². The van der Waals surface area contributed by atoms with Crippen LogP contribution in [0.4, 0.5) is 5.69 Å². The second kappa shape index (κ2) is 14.6. The molecule has 0 aromatic heterocycles. The minimum absolute atomic E-state index is 0.0108. The molecular weight excluding hydrogens is 585 g/mol. The Labute approximate surface area is 252 Å². The molecule has 0 aliphatic carbocycles. The highest BCUT2D eigenvalue weighted by atomic mass is 35.5. The predicted octanol–water partition coefficient (Wildman–Crippen LogP) is 5.84. The Kier molecular flexibility index (Phi) is 11.5. The molecule has 0 aliphatic heterocycles. The summed E-state index contributed by atoms with van der Waals surface area (Å²) in [6, 6.07) is 17.0. The van der Waals surface area contributed by atoms with Gasteiger partial charge in [0.15, 0.2) is 0 Å². The van der Waals surface area contributed by atoms with E-state index in [9.17, 15) is 18.0 Å². The van der Waals surface area contributed by atoms with E-state index in [2.05, 4.69) is 5.32 Å². The van der Waals surface area contributed by atoms with Gasteiger partial charge in [-0.3, -0.25) is 13.9 Å². The molecule has 11 heteroatoms. The van der Waals surface area contributed by atoms with Crippen LogP contribution in [-0.2, 0) is 26.2 Å². The van der Waals surface area contributed by atoms with Gasteiger partial charge in [-0.1, -0.05) is 66.0 Å². The maximum absolute atomic E-state index is 14.1. The number of hydrogen-bond acceptors (Lipinski definition) is 5. The Morgan fingerprint density at radius 1 is 0.951 bits per heavy atom. The third-order valence-electron chi connectivity index (χ3n) is 6.43. The Balaban J connectivity index is 2.11. The molecule has 0 saturated carbocycles. The highest BCUT2D eigenvalue weighted by Crippen LogP contribution is 2.33. The maximum Gasteiger partial charge on any atom is 0.264 e. The summed E-state index contributed by atoms with van der Waals surface area (Å²) in [5.74, 6) is -0.707. The smallest absolute Gasteiger partial charge is 0.264 e. The fourth-order valence-corrected chi connectivity index (χ4v) is 6.07. The van der Waals surface area contributed by atoms with Gasteiger partial charge in [-0.05, 0) is 63.6 Å². The Morgan fingerprint density at radius 2 is 1.59 bits per heavy atom. The van der Waals surface area contributed by atoms with Gasteiger partial charge in [0, 0.05) is 28.7 Å². The minimum atomic E-state index is -4.24. The summed E-state index contributed by atoms with van der Waals surface area (Å²) in [6.07, 6.45) is 0.708. The number of ether oxygens (including phenoxy) is 1.